The van der Waals surface area contributed by atoms with Crippen LogP contribution in [0.15, 0.2) is 65.9 Å². The van der Waals surface area contributed by atoms with E-state index >= 15 is 0 Å². The Kier molecular flexibility index (Phi) is 11.7. The minimum absolute atomic E-state index is 0.0487. The number of allylic oxidation sites excluding steroid dienone is 1. The fourth-order valence-corrected chi connectivity index (χ4v) is 8.51. The van der Waals surface area contributed by atoms with Gasteiger partial charge in [-0.1, -0.05) is 36.2 Å². The lowest BCUT2D eigenvalue weighted by molar-refractivity contribution is -0.256. The highest BCUT2D eigenvalue weighted by Crippen LogP contribution is 2.62. The molecule has 1 fully saturated rings. The van der Waals surface area contributed by atoms with Gasteiger partial charge in [-0.25, -0.2) is 4.79 Å². The van der Waals surface area contributed by atoms with Crippen LogP contribution in [-0.2, 0) is 20.9 Å². The van der Waals surface area contributed by atoms with Gasteiger partial charge in [0.1, 0.15) is 24.7 Å². The number of benzene rings is 2. The maximum absolute atomic E-state index is 14.2. The average Bonchev–Trinajstić information content (AvgIpc) is 3.60. The molecule has 6 rings (SSSR count). The zero-order chi connectivity index (χ0) is 36.0. The van der Waals surface area contributed by atoms with E-state index in [1.807, 2.05) is 18.2 Å². The van der Waals surface area contributed by atoms with Crippen LogP contribution in [0.3, 0.4) is 0 Å². The number of phenols is 1. The Bertz CT molecular complexity index is 1610. The number of ether oxygens (including phenoxy) is 5. The summed E-state index contributed by atoms with van der Waals surface area (Å²) in [6.45, 7) is 6.49. The number of phenolic OH excluding ortho intramolecular Hbond substituents is 1. The Morgan fingerprint density at radius 2 is 1.82 bits per heavy atom. The molecule has 6 unspecified atom stereocenters. The predicted molar refractivity (Wildman–Crippen MR) is 189 cm³/mol. The molecule has 0 radical (unpaired) electrons. The number of rotatable bonds is 16. The quantitative estimate of drug-likeness (QED) is 0.107. The van der Waals surface area contributed by atoms with Crippen LogP contribution in [-0.4, -0.2) is 84.2 Å². The number of amides is 1. The normalized spacial score (nSPS) is 26.4. The third-order valence-electron chi connectivity index (χ3n) is 10.5. The first kappa shape index (κ1) is 36.5. The minimum atomic E-state index is -1.43. The molecule has 276 valence electrons. The predicted octanol–water partition coefficient (Wildman–Crippen LogP) is 6.04. The van der Waals surface area contributed by atoms with E-state index in [2.05, 4.69) is 17.8 Å². The topological polar surface area (TPSA) is 149 Å². The molecule has 3 N–H and O–H groups in total. The summed E-state index contributed by atoms with van der Waals surface area (Å²) >= 11 is 0. The molecular weight excluding hydrogens is 656 g/mol. The van der Waals surface area contributed by atoms with Gasteiger partial charge in [-0.05, 0) is 85.9 Å². The van der Waals surface area contributed by atoms with Crippen LogP contribution < -0.4 is 14.2 Å². The van der Waals surface area contributed by atoms with Gasteiger partial charge in [-0.15, -0.1) is 6.58 Å². The summed E-state index contributed by atoms with van der Waals surface area (Å²) < 4.78 is 30.9. The number of aliphatic hydroxyl groups is 2. The van der Waals surface area contributed by atoms with Gasteiger partial charge in [0.15, 0.2) is 11.5 Å². The van der Waals surface area contributed by atoms with Crippen molar-refractivity contribution in [2.45, 2.75) is 76.2 Å². The van der Waals surface area contributed by atoms with Crippen LogP contribution in [0, 0.1) is 17.8 Å². The molecule has 51 heavy (non-hydrogen) atoms. The van der Waals surface area contributed by atoms with Crippen molar-refractivity contribution < 1.29 is 48.6 Å². The third-order valence-corrected chi connectivity index (χ3v) is 10.5. The lowest BCUT2D eigenvalue weighted by atomic mass is 9.55. The summed E-state index contributed by atoms with van der Waals surface area (Å²) in [6, 6.07) is 9.98. The van der Waals surface area contributed by atoms with E-state index in [1.54, 1.807) is 36.1 Å². The van der Waals surface area contributed by atoms with Crippen LogP contribution in [0.25, 0.3) is 0 Å². The summed E-state index contributed by atoms with van der Waals surface area (Å²) in [6.07, 6.45) is 8.20. The third kappa shape index (κ3) is 7.27. The molecule has 6 atom stereocenters. The smallest absolute Gasteiger partial charge is 0.410 e. The van der Waals surface area contributed by atoms with Gasteiger partial charge < -0.3 is 43.8 Å². The van der Waals surface area contributed by atoms with Crippen molar-refractivity contribution in [1.29, 1.82) is 0 Å². The molecule has 2 aromatic rings. The first-order valence-corrected chi connectivity index (χ1v) is 18.0. The second-order valence-corrected chi connectivity index (χ2v) is 13.5. The van der Waals surface area contributed by atoms with E-state index in [0.29, 0.717) is 35.8 Å². The molecule has 1 saturated carbocycles. The van der Waals surface area contributed by atoms with Crippen molar-refractivity contribution in [3.8, 4) is 23.0 Å². The lowest BCUT2D eigenvalue weighted by Gasteiger charge is -2.59. The molecule has 2 aliphatic heterocycles. The van der Waals surface area contributed by atoms with Crippen LogP contribution in [0.4, 0.5) is 4.79 Å². The number of unbranched alkanes of at least 4 members (excludes halogenated alkanes) is 2. The number of hydrogen-bond acceptors (Lipinski definition) is 11. The number of carbonyl (C=O) groups excluding carboxylic acids is 1. The zero-order valence-electron chi connectivity index (χ0n) is 29.5. The number of carbonyl (C=O) groups is 1. The van der Waals surface area contributed by atoms with Crippen LogP contribution in [0.2, 0.25) is 0 Å². The van der Waals surface area contributed by atoms with Crippen molar-refractivity contribution in [2.24, 2.45) is 22.9 Å². The molecule has 12 nitrogen and oxygen atoms in total. The number of fused-ring (bicyclic) bond motifs is 3. The lowest BCUT2D eigenvalue weighted by Crippen LogP contribution is -2.70. The highest BCUT2D eigenvalue weighted by molar-refractivity contribution is 6.02. The van der Waals surface area contributed by atoms with E-state index in [1.165, 1.54) is 7.11 Å². The molecule has 2 aliphatic carbocycles. The van der Waals surface area contributed by atoms with Gasteiger partial charge >= 0.3 is 6.09 Å². The van der Waals surface area contributed by atoms with Crippen LogP contribution in [0.5, 0.6) is 23.0 Å². The van der Waals surface area contributed by atoms with Crippen molar-refractivity contribution in [3.63, 3.8) is 0 Å². The number of hydrogen-bond donors (Lipinski definition) is 3. The maximum Gasteiger partial charge on any atom is 0.410 e. The molecule has 0 bridgehead atoms. The Labute approximate surface area is 299 Å². The number of oxime groups is 1. The fourth-order valence-electron chi connectivity index (χ4n) is 8.51. The first-order valence-electron chi connectivity index (χ1n) is 18.0. The monoisotopic (exact) mass is 706 g/mol. The van der Waals surface area contributed by atoms with Gasteiger partial charge in [-0.2, -0.15) is 0 Å². The molecule has 2 heterocycles. The van der Waals surface area contributed by atoms with E-state index in [0.717, 1.165) is 42.4 Å². The molecule has 0 aromatic heterocycles. The van der Waals surface area contributed by atoms with Crippen molar-refractivity contribution in [2.75, 3.05) is 40.3 Å². The Morgan fingerprint density at radius 3 is 2.57 bits per heavy atom. The second-order valence-electron chi connectivity index (χ2n) is 13.5. The first-order chi connectivity index (χ1) is 24.9. The Balaban J connectivity index is 1.56. The highest BCUT2D eigenvalue weighted by Gasteiger charge is 2.65. The zero-order valence-corrected chi connectivity index (χ0v) is 29.5. The van der Waals surface area contributed by atoms with Crippen LogP contribution >= 0.6 is 0 Å². The van der Waals surface area contributed by atoms with Gasteiger partial charge in [0.25, 0.3) is 0 Å². The fraction of sp³-hybridized carbons (Fsp3) is 0.538. The summed E-state index contributed by atoms with van der Waals surface area (Å²) in [7, 11) is 1.51. The van der Waals surface area contributed by atoms with Gasteiger partial charge in [0.2, 0.25) is 12.6 Å². The molecule has 1 amide bonds. The SMILES string of the molecule is C=CCOC12Oc3ccc(O)cc3C3C(CCCCO)C(CCCCO)C=C(C(=NOC)CC1N(Cc1ccc4c(c1)OCO4)C(=O)OCC)C32. The van der Waals surface area contributed by atoms with E-state index in [-0.39, 0.29) is 69.7 Å². The largest absolute Gasteiger partial charge is 0.508 e. The number of aromatic hydroxyl groups is 1. The summed E-state index contributed by atoms with van der Waals surface area (Å²) in [4.78, 5) is 21.3. The minimum Gasteiger partial charge on any atom is -0.508 e. The summed E-state index contributed by atoms with van der Waals surface area (Å²) in [5.41, 5.74) is 3.23. The molecule has 4 aliphatic rings. The summed E-state index contributed by atoms with van der Waals surface area (Å²) in [5.74, 6) is -0.108. The highest BCUT2D eigenvalue weighted by atomic mass is 16.7. The van der Waals surface area contributed by atoms with Crippen molar-refractivity contribution in [3.05, 3.63) is 71.8 Å². The van der Waals surface area contributed by atoms with E-state index in [9.17, 15) is 20.1 Å². The van der Waals surface area contributed by atoms with Gasteiger partial charge in [0.05, 0.1) is 24.8 Å². The molecular formula is C39H50N2O10. The van der Waals surface area contributed by atoms with Crippen molar-refractivity contribution >= 4 is 11.8 Å². The number of aliphatic hydroxyl groups excluding tert-OH is 2. The Hall–Kier alpha value is -4.26. The molecule has 0 spiro atoms. The van der Waals surface area contributed by atoms with Gasteiger partial charge in [0, 0.05) is 37.7 Å². The standard InChI is InChI=1S/C39H50N2O10/c1-4-18-50-39-35(41(38(45)47-5-2)23-25-12-14-33-34(19-25)49-24-48-33)22-31(40-46-3)29-20-26(10-6-8-16-42)28(11-7-9-17-43)36(37(29)39)30-21-27(44)13-15-32(30)51-39/h4,12-15,19-21,26,28,35-37,42-44H,1,5-11,16-18,22-24H2,2-3H3. The second kappa shape index (κ2) is 16.4. The summed E-state index contributed by atoms with van der Waals surface area (Å²) in [5, 5.41) is 34.9. The van der Waals surface area contributed by atoms with Crippen molar-refractivity contribution in [1.82, 2.24) is 4.90 Å². The maximum atomic E-state index is 14.2. The molecule has 2 aromatic carbocycles. The molecule has 12 heteroatoms. The van der Waals surface area contributed by atoms with Gasteiger partial charge in [-0.3, -0.25) is 4.90 Å². The van der Waals surface area contributed by atoms with E-state index < -0.39 is 23.8 Å². The van der Waals surface area contributed by atoms with Crippen LogP contribution in [0.1, 0.15) is 68.9 Å². The van der Waals surface area contributed by atoms with E-state index in [4.69, 9.17) is 28.5 Å². The average molecular weight is 707 g/mol. The number of nitrogens with zero attached hydrogens (tertiary/aromatic N) is 2. The molecule has 0 saturated heterocycles. The Morgan fingerprint density at radius 1 is 1.06 bits per heavy atom.